The number of ether oxygens (including phenoxy) is 1. The number of nitrogens with one attached hydrogen (secondary N) is 1. The van der Waals surface area contributed by atoms with Crippen molar-refractivity contribution in [3.05, 3.63) is 54.1 Å². The van der Waals surface area contributed by atoms with E-state index in [0.717, 1.165) is 22.0 Å². The highest BCUT2D eigenvalue weighted by atomic mass is 16.5. The molecule has 1 aromatic heterocycles. The molecule has 0 aliphatic rings. The van der Waals surface area contributed by atoms with E-state index in [2.05, 4.69) is 5.32 Å². The van der Waals surface area contributed by atoms with E-state index in [-0.39, 0.29) is 18.6 Å². The normalized spacial score (nSPS) is 12.6. The standard InChI is InChI=1S/C23H24N4O3/c1-27(2)12-14(13-28)24-23(29)17-7-4-8-18-22(17)26-21-16-6-5-9-20(30-3)15(16)10-11-19(21)25-18/h4-11,14,28H,12-13H2,1-3H3,(H,24,29)/t14-/m1/s1. The largest absolute Gasteiger partial charge is 0.496 e. The molecule has 0 radical (unpaired) electrons. The van der Waals surface area contributed by atoms with Gasteiger partial charge in [0, 0.05) is 17.3 Å². The zero-order chi connectivity index (χ0) is 21.3. The zero-order valence-corrected chi connectivity index (χ0v) is 17.2. The molecule has 0 spiro atoms. The average molecular weight is 404 g/mol. The highest BCUT2D eigenvalue weighted by molar-refractivity contribution is 6.11. The molecule has 1 atom stereocenters. The Balaban J connectivity index is 1.86. The second-order valence-electron chi connectivity index (χ2n) is 7.50. The molecule has 1 amide bonds. The maximum atomic E-state index is 13.0. The van der Waals surface area contributed by atoms with Crippen LogP contribution in [0, 0.1) is 0 Å². The van der Waals surface area contributed by atoms with Gasteiger partial charge in [-0.25, -0.2) is 9.97 Å². The summed E-state index contributed by atoms with van der Waals surface area (Å²) in [5.74, 6) is 0.477. The number of aliphatic hydroxyl groups excluding tert-OH is 1. The first-order chi connectivity index (χ1) is 14.5. The van der Waals surface area contributed by atoms with E-state index in [1.807, 2.05) is 55.4 Å². The molecule has 0 bridgehead atoms. The molecule has 30 heavy (non-hydrogen) atoms. The number of carbonyl (C=O) groups excluding carboxylic acids is 1. The van der Waals surface area contributed by atoms with Crippen LogP contribution in [-0.4, -0.2) is 66.3 Å². The van der Waals surface area contributed by atoms with E-state index < -0.39 is 0 Å². The number of hydrogen-bond acceptors (Lipinski definition) is 6. The predicted molar refractivity (Wildman–Crippen MR) is 118 cm³/mol. The van der Waals surface area contributed by atoms with Crippen LogP contribution in [0.4, 0.5) is 0 Å². The van der Waals surface area contributed by atoms with Crippen molar-refractivity contribution in [2.75, 3.05) is 34.4 Å². The smallest absolute Gasteiger partial charge is 0.253 e. The third-order valence-corrected chi connectivity index (χ3v) is 5.06. The average Bonchev–Trinajstić information content (AvgIpc) is 2.75. The molecule has 4 aromatic rings. The molecular formula is C23H24N4O3. The Morgan fingerprint density at radius 3 is 2.53 bits per heavy atom. The summed E-state index contributed by atoms with van der Waals surface area (Å²) >= 11 is 0. The van der Waals surface area contributed by atoms with E-state index >= 15 is 0 Å². The maximum absolute atomic E-state index is 13.0. The van der Waals surface area contributed by atoms with Crippen LogP contribution >= 0.6 is 0 Å². The van der Waals surface area contributed by atoms with Gasteiger partial charge < -0.3 is 20.1 Å². The number of fused-ring (bicyclic) bond motifs is 4. The van der Waals surface area contributed by atoms with Crippen molar-refractivity contribution in [2.45, 2.75) is 6.04 Å². The highest BCUT2D eigenvalue weighted by Gasteiger charge is 2.18. The molecule has 0 saturated heterocycles. The summed E-state index contributed by atoms with van der Waals surface area (Å²) in [6.07, 6.45) is 0. The minimum atomic E-state index is -0.374. The molecule has 0 fully saturated rings. The molecular weight excluding hydrogens is 380 g/mol. The number of carbonyl (C=O) groups is 1. The Morgan fingerprint density at radius 1 is 1.03 bits per heavy atom. The summed E-state index contributed by atoms with van der Waals surface area (Å²) < 4.78 is 5.47. The summed E-state index contributed by atoms with van der Waals surface area (Å²) in [5.41, 5.74) is 3.07. The number of aliphatic hydroxyl groups is 1. The number of nitrogens with zero attached hydrogens (tertiary/aromatic N) is 3. The lowest BCUT2D eigenvalue weighted by Gasteiger charge is -2.20. The van der Waals surface area contributed by atoms with Crippen molar-refractivity contribution in [2.24, 2.45) is 0 Å². The van der Waals surface area contributed by atoms with Crippen molar-refractivity contribution in [3.63, 3.8) is 0 Å². The van der Waals surface area contributed by atoms with Gasteiger partial charge in [-0.3, -0.25) is 4.79 Å². The number of likely N-dealkylation sites (N-methyl/N-ethyl adjacent to an activating group) is 1. The van der Waals surface area contributed by atoms with Gasteiger partial charge in [-0.1, -0.05) is 18.2 Å². The van der Waals surface area contributed by atoms with Crippen LogP contribution in [0.3, 0.4) is 0 Å². The minimum Gasteiger partial charge on any atom is -0.496 e. The Hall–Kier alpha value is -3.29. The van der Waals surface area contributed by atoms with Crippen molar-refractivity contribution < 1.29 is 14.6 Å². The fourth-order valence-electron chi connectivity index (χ4n) is 3.70. The second kappa shape index (κ2) is 8.22. The Morgan fingerprint density at radius 2 is 1.80 bits per heavy atom. The number of hydrogen-bond donors (Lipinski definition) is 2. The second-order valence-corrected chi connectivity index (χ2v) is 7.50. The molecule has 0 aliphatic heterocycles. The van der Waals surface area contributed by atoms with Gasteiger partial charge in [0.05, 0.1) is 41.9 Å². The number of rotatable bonds is 6. The van der Waals surface area contributed by atoms with Crippen LogP contribution < -0.4 is 10.1 Å². The zero-order valence-electron chi connectivity index (χ0n) is 17.2. The molecule has 1 heterocycles. The number of benzene rings is 3. The molecule has 0 saturated carbocycles. The van der Waals surface area contributed by atoms with E-state index in [9.17, 15) is 9.90 Å². The van der Waals surface area contributed by atoms with Crippen molar-refractivity contribution in [3.8, 4) is 5.75 Å². The van der Waals surface area contributed by atoms with Crippen LogP contribution in [0.5, 0.6) is 5.75 Å². The van der Waals surface area contributed by atoms with Gasteiger partial charge in [-0.05, 0) is 44.4 Å². The van der Waals surface area contributed by atoms with Crippen LogP contribution in [0.15, 0.2) is 48.5 Å². The number of aromatic nitrogens is 2. The summed E-state index contributed by atoms with van der Waals surface area (Å²) in [7, 11) is 5.42. The van der Waals surface area contributed by atoms with Crippen molar-refractivity contribution in [1.29, 1.82) is 0 Å². The van der Waals surface area contributed by atoms with E-state index in [4.69, 9.17) is 14.7 Å². The number of para-hydroxylation sites is 1. The third-order valence-electron chi connectivity index (χ3n) is 5.06. The Bertz CT molecular complexity index is 1240. The SMILES string of the molecule is COc1cccc2c1ccc1nc3cccc(C(=O)N[C@@H](CO)CN(C)C)c3nc12. The van der Waals surface area contributed by atoms with Crippen LogP contribution in [0.25, 0.3) is 32.8 Å². The Labute approximate surface area is 174 Å². The lowest BCUT2D eigenvalue weighted by Crippen LogP contribution is -2.44. The van der Waals surface area contributed by atoms with Gasteiger partial charge in [-0.2, -0.15) is 0 Å². The van der Waals surface area contributed by atoms with E-state index in [1.54, 1.807) is 19.2 Å². The fraction of sp³-hybridized carbons (Fsp3) is 0.261. The first-order valence-corrected chi connectivity index (χ1v) is 9.74. The maximum Gasteiger partial charge on any atom is 0.253 e. The van der Waals surface area contributed by atoms with Gasteiger partial charge >= 0.3 is 0 Å². The number of methoxy groups -OCH3 is 1. The topological polar surface area (TPSA) is 87.6 Å². The molecule has 3 aromatic carbocycles. The van der Waals surface area contributed by atoms with Gasteiger partial charge in [0.2, 0.25) is 0 Å². The lowest BCUT2D eigenvalue weighted by molar-refractivity contribution is 0.0906. The van der Waals surface area contributed by atoms with E-state index in [0.29, 0.717) is 28.7 Å². The molecule has 7 nitrogen and oxygen atoms in total. The molecule has 2 N–H and O–H groups in total. The quantitative estimate of drug-likeness (QED) is 0.379. The van der Waals surface area contributed by atoms with Crippen molar-refractivity contribution >= 4 is 38.7 Å². The fourth-order valence-corrected chi connectivity index (χ4v) is 3.70. The van der Waals surface area contributed by atoms with E-state index in [1.165, 1.54) is 0 Å². The molecule has 0 unspecified atom stereocenters. The molecule has 7 heteroatoms. The van der Waals surface area contributed by atoms with Crippen LogP contribution in [-0.2, 0) is 0 Å². The molecule has 154 valence electrons. The molecule has 0 aliphatic carbocycles. The Kier molecular flexibility index (Phi) is 5.48. The monoisotopic (exact) mass is 404 g/mol. The minimum absolute atomic E-state index is 0.145. The highest BCUT2D eigenvalue weighted by Crippen LogP contribution is 2.31. The first kappa shape index (κ1) is 20.0. The number of amides is 1. The molecule has 4 rings (SSSR count). The third kappa shape index (κ3) is 3.65. The first-order valence-electron chi connectivity index (χ1n) is 9.74. The predicted octanol–water partition coefficient (Wildman–Crippen LogP) is 2.60. The van der Waals surface area contributed by atoms with Gasteiger partial charge in [0.25, 0.3) is 5.91 Å². The van der Waals surface area contributed by atoms with Crippen molar-refractivity contribution in [1.82, 2.24) is 20.2 Å². The summed E-state index contributed by atoms with van der Waals surface area (Å²) in [6, 6.07) is 14.7. The van der Waals surface area contributed by atoms with Gasteiger partial charge in [-0.15, -0.1) is 0 Å². The summed E-state index contributed by atoms with van der Waals surface area (Å²) in [4.78, 5) is 24.5. The van der Waals surface area contributed by atoms with Gasteiger partial charge in [0.1, 0.15) is 11.3 Å². The lowest BCUT2D eigenvalue weighted by atomic mass is 10.1. The van der Waals surface area contributed by atoms with Crippen LogP contribution in [0.2, 0.25) is 0 Å². The summed E-state index contributed by atoms with van der Waals surface area (Å²) in [6.45, 7) is 0.389. The van der Waals surface area contributed by atoms with Crippen LogP contribution in [0.1, 0.15) is 10.4 Å². The summed E-state index contributed by atoms with van der Waals surface area (Å²) in [5, 5.41) is 14.4. The van der Waals surface area contributed by atoms with Gasteiger partial charge in [0.15, 0.2) is 0 Å².